The highest BCUT2D eigenvalue weighted by molar-refractivity contribution is 5.97. The van der Waals surface area contributed by atoms with Crippen LogP contribution in [-0.4, -0.2) is 71.8 Å². The Balaban J connectivity index is 1.39. The summed E-state index contributed by atoms with van der Waals surface area (Å²) in [6, 6.07) is 12.1. The van der Waals surface area contributed by atoms with Gasteiger partial charge in [-0.3, -0.25) is 19.8 Å². The van der Waals surface area contributed by atoms with Crippen LogP contribution in [0.4, 0.5) is 25.8 Å². The molecule has 0 atom stereocenters. The molecule has 234 valence electrons. The zero-order chi connectivity index (χ0) is 31.8. The van der Waals surface area contributed by atoms with E-state index in [1.807, 2.05) is 24.3 Å². The lowest BCUT2D eigenvalue weighted by molar-refractivity contribution is -0.385. The van der Waals surface area contributed by atoms with E-state index in [4.69, 9.17) is 4.74 Å². The monoisotopic (exact) mass is 619 g/mol. The first-order valence-corrected chi connectivity index (χ1v) is 14.6. The topological polar surface area (TPSA) is 121 Å². The van der Waals surface area contributed by atoms with Crippen LogP contribution in [0.25, 0.3) is 16.6 Å². The zero-order valence-electron chi connectivity index (χ0n) is 24.5. The third-order valence-corrected chi connectivity index (χ3v) is 8.50. The van der Waals surface area contributed by atoms with Crippen LogP contribution in [0.1, 0.15) is 28.8 Å². The number of piperazine rings is 1. The molecule has 0 unspecified atom stereocenters. The van der Waals surface area contributed by atoms with Gasteiger partial charge in [-0.05, 0) is 55.8 Å². The molecule has 2 saturated heterocycles. The average Bonchev–Trinajstić information content (AvgIpc) is 3.54. The van der Waals surface area contributed by atoms with Crippen molar-refractivity contribution >= 4 is 33.9 Å². The Labute approximate surface area is 256 Å². The first-order chi connectivity index (χ1) is 21.7. The number of nitrogens with zero attached hydrogens (tertiary/aromatic N) is 5. The second-order valence-electron chi connectivity index (χ2n) is 11.2. The third-order valence-electron chi connectivity index (χ3n) is 8.50. The Kier molecular flexibility index (Phi) is 8.11. The fraction of sp³-hybridized carbons (Fsp3) is 0.312. The fourth-order valence-electron chi connectivity index (χ4n) is 6.26. The molecule has 3 heterocycles. The number of non-ortho nitro benzene ring substituents is 1. The number of carboxylic acids is 1. The third kappa shape index (κ3) is 5.66. The number of rotatable bonds is 8. The minimum absolute atomic E-state index is 0.0650. The number of benzene rings is 3. The summed E-state index contributed by atoms with van der Waals surface area (Å²) in [5.74, 6) is -2.85. The minimum atomic E-state index is -1.43. The molecule has 13 heteroatoms. The lowest BCUT2D eigenvalue weighted by Crippen LogP contribution is -2.47. The minimum Gasteiger partial charge on any atom is -0.492 e. The number of hydrogen-bond donors (Lipinski definition) is 1. The van der Waals surface area contributed by atoms with Gasteiger partial charge in [0.2, 0.25) is 5.43 Å². The van der Waals surface area contributed by atoms with Crippen molar-refractivity contribution in [2.45, 2.75) is 19.4 Å². The number of nitro groups is 1. The summed E-state index contributed by atoms with van der Waals surface area (Å²) in [5, 5.41) is 20.7. The summed E-state index contributed by atoms with van der Waals surface area (Å²) < 4.78 is 37.9. The normalized spacial score (nSPS) is 15.5. The summed E-state index contributed by atoms with van der Waals surface area (Å²) in [6.45, 7) is 3.92. The summed E-state index contributed by atoms with van der Waals surface area (Å²) in [6.07, 6.45) is 3.57. The number of nitro benzene ring substituents is 1. The number of likely N-dealkylation sites (tertiary alicyclic amines) is 1. The molecular weight excluding hydrogens is 588 g/mol. The summed E-state index contributed by atoms with van der Waals surface area (Å²) >= 11 is 0. The maximum absolute atomic E-state index is 15.9. The van der Waals surface area contributed by atoms with E-state index < -0.39 is 33.5 Å². The van der Waals surface area contributed by atoms with Gasteiger partial charge in [-0.1, -0.05) is 12.1 Å². The van der Waals surface area contributed by atoms with Gasteiger partial charge in [0, 0.05) is 50.7 Å². The number of methoxy groups -OCH3 is 1. The first-order valence-electron chi connectivity index (χ1n) is 14.6. The van der Waals surface area contributed by atoms with Gasteiger partial charge in [0.25, 0.3) is 5.69 Å². The van der Waals surface area contributed by atoms with Gasteiger partial charge in [0.15, 0.2) is 17.4 Å². The molecule has 1 aromatic heterocycles. The van der Waals surface area contributed by atoms with Crippen molar-refractivity contribution in [2.24, 2.45) is 0 Å². The van der Waals surface area contributed by atoms with Crippen LogP contribution < -0.4 is 20.0 Å². The second-order valence-corrected chi connectivity index (χ2v) is 11.2. The van der Waals surface area contributed by atoms with Crippen molar-refractivity contribution in [2.75, 3.05) is 56.2 Å². The number of aromatic carboxylic acids is 1. The van der Waals surface area contributed by atoms with Gasteiger partial charge in [-0.2, -0.15) is 0 Å². The van der Waals surface area contributed by atoms with Crippen LogP contribution >= 0.6 is 0 Å². The van der Waals surface area contributed by atoms with Gasteiger partial charge in [-0.15, -0.1) is 0 Å². The van der Waals surface area contributed by atoms with Crippen LogP contribution in [0.3, 0.4) is 0 Å². The molecule has 0 aliphatic carbocycles. The van der Waals surface area contributed by atoms with Crippen LogP contribution in [0.15, 0.2) is 59.5 Å². The van der Waals surface area contributed by atoms with Crippen LogP contribution in [0.5, 0.6) is 5.75 Å². The molecule has 2 fully saturated rings. The largest absolute Gasteiger partial charge is 0.492 e. The zero-order valence-corrected chi connectivity index (χ0v) is 24.5. The van der Waals surface area contributed by atoms with E-state index in [1.165, 1.54) is 38.3 Å². The van der Waals surface area contributed by atoms with Crippen molar-refractivity contribution in [3.05, 3.63) is 97.8 Å². The number of fused-ring (bicyclic) bond motifs is 1. The summed E-state index contributed by atoms with van der Waals surface area (Å²) in [4.78, 5) is 41.5. The molecule has 0 amide bonds. The van der Waals surface area contributed by atoms with E-state index >= 15 is 4.39 Å². The van der Waals surface area contributed by atoms with Crippen LogP contribution in [-0.2, 0) is 6.54 Å². The summed E-state index contributed by atoms with van der Waals surface area (Å²) in [5.41, 5.74) is 0.493. The predicted octanol–water partition coefficient (Wildman–Crippen LogP) is 4.81. The Morgan fingerprint density at radius 1 is 0.956 bits per heavy atom. The lowest BCUT2D eigenvalue weighted by atomic mass is 10.1. The number of halogens is 2. The molecule has 6 rings (SSSR count). The lowest BCUT2D eigenvalue weighted by Gasteiger charge is -2.38. The Morgan fingerprint density at radius 2 is 1.62 bits per heavy atom. The van der Waals surface area contributed by atoms with Crippen molar-refractivity contribution in [1.29, 1.82) is 0 Å². The highest BCUT2D eigenvalue weighted by atomic mass is 19.1. The molecule has 0 spiro atoms. The van der Waals surface area contributed by atoms with Crippen LogP contribution in [0, 0.1) is 21.7 Å². The molecular formula is C32H31F2N5O6. The molecule has 0 bridgehead atoms. The summed E-state index contributed by atoms with van der Waals surface area (Å²) in [7, 11) is 1.36. The molecule has 0 radical (unpaired) electrons. The molecule has 0 saturated carbocycles. The van der Waals surface area contributed by atoms with Gasteiger partial charge < -0.3 is 24.2 Å². The quantitative estimate of drug-likeness (QED) is 0.219. The Morgan fingerprint density at radius 3 is 2.22 bits per heavy atom. The smallest absolute Gasteiger partial charge is 0.341 e. The standard InChI is InChI=1S/C32H31F2N5O6/c1-45-31-28-23(17-26(34)29(31)37-14-12-36(13-15-37)27-9-8-22(39(43)44)16-25(27)33)30(40)24(32(41)42)19-38(28)21-6-4-20(5-7-21)18-35-10-2-3-11-35/h4-9,16-17,19H,2-3,10-15,18H2,1H3,(H,41,42). The van der Waals surface area contributed by atoms with E-state index in [9.17, 15) is 29.2 Å². The van der Waals surface area contributed by atoms with Crippen LogP contribution in [0.2, 0.25) is 0 Å². The molecule has 2 aliphatic rings. The van der Waals surface area contributed by atoms with E-state index in [-0.39, 0.29) is 59.9 Å². The molecule has 11 nitrogen and oxygen atoms in total. The SMILES string of the molecule is COc1c(N2CCN(c3ccc([N+](=O)[O-])cc3F)CC2)c(F)cc2c(=O)c(C(=O)O)cn(-c3ccc(CN4CCCC4)cc3)c12. The maximum atomic E-state index is 15.9. The van der Waals surface area contributed by atoms with Gasteiger partial charge in [0.1, 0.15) is 16.8 Å². The van der Waals surface area contributed by atoms with E-state index in [0.717, 1.165) is 37.3 Å². The van der Waals surface area contributed by atoms with Crippen molar-refractivity contribution < 1.29 is 28.3 Å². The van der Waals surface area contributed by atoms with E-state index in [1.54, 1.807) is 14.4 Å². The highest BCUT2D eigenvalue weighted by Gasteiger charge is 2.29. The average molecular weight is 620 g/mol. The first kappa shape index (κ1) is 30.0. The van der Waals surface area contributed by atoms with E-state index in [2.05, 4.69) is 4.90 Å². The van der Waals surface area contributed by atoms with Gasteiger partial charge >= 0.3 is 5.97 Å². The van der Waals surface area contributed by atoms with E-state index in [0.29, 0.717) is 5.69 Å². The number of pyridine rings is 1. The maximum Gasteiger partial charge on any atom is 0.341 e. The van der Waals surface area contributed by atoms with Crippen molar-refractivity contribution in [3.63, 3.8) is 0 Å². The Bertz CT molecular complexity index is 1850. The highest BCUT2D eigenvalue weighted by Crippen LogP contribution is 2.40. The van der Waals surface area contributed by atoms with Crippen molar-refractivity contribution in [3.8, 4) is 11.4 Å². The number of hydrogen-bond acceptors (Lipinski definition) is 8. The molecule has 1 N–H and O–H groups in total. The molecule has 45 heavy (non-hydrogen) atoms. The molecule has 3 aromatic carbocycles. The second kappa shape index (κ2) is 12.2. The predicted molar refractivity (Wildman–Crippen MR) is 165 cm³/mol. The van der Waals surface area contributed by atoms with Gasteiger partial charge in [0.05, 0.1) is 29.2 Å². The molecule has 4 aromatic rings. The number of ether oxygens (including phenoxy) is 1. The van der Waals surface area contributed by atoms with Gasteiger partial charge in [-0.25, -0.2) is 13.6 Å². The number of anilines is 2. The Hall–Kier alpha value is -5.04. The molecule has 2 aliphatic heterocycles. The number of carboxylic acid groups (broad SMARTS) is 1. The number of carbonyl (C=O) groups is 1. The number of aromatic nitrogens is 1. The fourth-order valence-corrected chi connectivity index (χ4v) is 6.26. The van der Waals surface area contributed by atoms with Crippen molar-refractivity contribution in [1.82, 2.24) is 9.47 Å².